The zero-order valence-corrected chi connectivity index (χ0v) is 16.0. The zero-order valence-electron chi connectivity index (χ0n) is 16.0. The van der Waals surface area contributed by atoms with Gasteiger partial charge in [0.2, 0.25) is 0 Å². The SMILES string of the molecule is OCC1C(O)CC(NC2CCCC2)C1Cc1ccnc(-c2ccccc2F)n1. The predicted molar refractivity (Wildman–Crippen MR) is 105 cm³/mol. The third-order valence-electron chi connectivity index (χ3n) is 6.35. The summed E-state index contributed by atoms with van der Waals surface area (Å²) in [7, 11) is 0. The van der Waals surface area contributed by atoms with Crippen molar-refractivity contribution in [1.29, 1.82) is 0 Å². The minimum atomic E-state index is -0.512. The van der Waals surface area contributed by atoms with Crippen LogP contribution in [0.1, 0.15) is 37.8 Å². The molecule has 0 amide bonds. The fourth-order valence-corrected chi connectivity index (χ4v) is 4.85. The number of halogens is 1. The largest absolute Gasteiger partial charge is 0.396 e. The summed E-state index contributed by atoms with van der Waals surface area (Å²) in [4.78, 5) is 8.82. The van der Waals surface area contributed by atoms with Gasteiger partial charge in [0.05, 0.1) is 11.7 Å². The second kappa shape index (κ2) is 8.64. The first kappa shape index (κ1) is 19.4. The summed E-state index contributed by atoms with van der Waals surface area (Å²) in [5, 5.41) is 24.1. The van der Waals surface area contributed by atoms with E-state index < -0.39 is 6.10 Å². The van der Waals surface area contributed by atoms with E-state index in [2.05, 4.69) is 15.3 Å². The molecule has 2 aliphatic rings. The van der Waals surface area contributed by atoms with Crippen LogP contribution in [0.3, 0.4) is 0 Å². The van der Waals surface area contributed by atoms with E-state index in [1.807, 2.05) is 6.07 Å². The van der Waals surface area contributed by atoms with Crippen LogP contribution in [0.5, 0.6) is 0 Å². The number of hydrogen-bond donors (Lipinski definition) is 3. The molecule has 0 spiro atoms. The number of benzene rings is 1. The Kier molecular flexibility index (Phi) is 5.99. The molecule has 0 bridgehead atoms. The molecular weight excluding hydrogens is 357 g/mol. The Morgan fingerprint density at radius 3 is 2.64 bits per heavy atom. The van der Waals surface area contributed by atoms with Crippen LogP contribution >= 0.6 is 0 Å². The molecule has 4 atom stereocenters. The predicted octanol–water partition coefficient (Wildman–Crippen LogP) is 2.72. The van der Waals surface area contributed by atoms with E-state index in [-0.39, 0.29) is 30.3 Å². The van der Waals surface area contributed by atoms with Crippen molar-refractivity contribution in [3.8, 4) is 11.4 Å². The lowest BCUT2D eigenvalue weighted by Crippen LogP contribution is -2.41. The molecule has 150 valence electrons. The van der Waals surface area contributed by atoms with Gasteiger partial charge in [-0.15, -0.1) is 0 Å². The maximum absolute atomic E-state index is 14.1. The number of rotatable bonds is 6. The van der Waals surface area contributed by atoms with Gasteiger partial charge in [-0.25, -0.2) is 14.4 Å². The lowest BCUT2D eigenvalue weighted by molar-refractivity contribution is 0.0715. The van der Waals surface area contributed by atoms with Gasteiger partial charge in [0.1, 0.15) is 5.82 Å². The van der Waals surface area contributed by atoms with Gasteiger partial charge in [0.15, 0.2) is 5.82 Å². The monoisotopic (exact) mass is 385 g/mol. The van der Waals surface area contributed by atoms with Gasteiger partial charge in [-0.3, -0.25) is 0 Å². The first-order chi connectivity index (χ1) is 13.7. The Balaban J connectivity index is 1.55. The van der Waals surface area contributed by atoms with Gasteiger partial charge >= 0.3 is 0 Å². The Morgan fingerprint density at radius 1 is 1.11 bits per heavy atom. The summed E-state index contributed by atoms with van der Waals surface area (Å²) >= 11 is 0. The molecule has 3 N–H and O–H groups in total. The fourth-order valence-electron chi connectivity index (χ4n) is 4.85. The van der Waals surface area contributed by atoms with Crippen molar-refractivity contribution in [3.63, 3.8) is 0 Å². The molecule has 0 radical (unpaired) electrons. The van der Waals surface area contributed by atoms with E-state index in [4.69, 9.17) is 0 Å². The molecule has 4 unspecified atom stereocenters. The topological polar surface area (TPSA) is 78.3 Å². The van der Waals surface area contributed by atoms with Gasteiger partial charge in [-0.05, 0) is 49.8 Å². The van der Waals surface area contributed by atoms with E-state index in [0.29, 0.717) is 30.3 Å². The van der Waals surface area contributed by atoms with E-state index in [1.54, 1.807) is 24.4 Å². The van der Waals surface area contributed by atoms with E-state index in [0.717, 1.165) is 5.69 Å². The summed E-state index contributed by atoms with van der Waals surface area (Å²) in [5.41, 5.74) is 1.19. The summed E-state index contributed by atoms with van der Waals surface area (Å²) < 4.78 is 14.1. The van der Waals surface area contributed by atoms with Crippen LogP contribution < -0.4 is 5.32 Å². The van der Waals surface area contributed by atoms with Crippen molar-refractivity contribution >= 4 is 0 Å². The van der Waals surface area contributed by atoms with Crippen LogP contribution in [0.2, 0.25) is 0 Å². The normalized spacial score (nSPS) is 28.1. The quantitative estimate of drug-likeness (QED) is 0.713. The third-order valence-corrected chi connectivity index (χ3v) is 6.35. The minimum Gasteiger partial charge on any atom is -0.396 e. The highest BCUT2D eigenvalue weighted by molar-refractivity contribution is 5.55. The maximum Gasteiger partial charge on any atom is 0.162 e. The summed E-state index contributed by atoms with van der Waals surface area (Å²) in [6.07, 6.45) is 7.26. The molecule has 2 aliphatic carbocycles. The first-order valence-corrected chi connectivity index (χ1v) is 10.3. The van der Waals surface area contributed by atoms with E-state index >= 15 is 0 Å². The van der Waals surface area contributed by atoms with Crippen molar-refractivity contribution in [1.82, 2.24) is 15.3 Å². The fraction of sp³-hybridized carbons (Fsp3) is 0.545. The van der Waals surface area contributed by atoms with Crippen molar-refractivity contribution in [2.24, 2.45) is 11.8 Å². The number of aromatic nitrogens is 2. The second-order valence-electron chi connectivity index (χ2n) is 8.12. The van der Waals surface area contributed by atoms with Crippen molar-refractivity contribution < 1.29 is 14.6 Å². The molecule has 6 heteroatoms. The van der Waals surface area contributed by atoms with E-state index in [9.17, 15) is 14.6 Å². The molecule has 2 aromatic rings. The van der Waals surface area contributed by atoms with Crippen LogP contribution in [0, 0.1) is 17.7 Å². The number of nitrogens with zero attached hydrogens (tertiary/aromatic N) is 2. The summed E-state index contributed by atoms with van der Waals surface area (Å²) in [6.45, 7) is -0.0417. The van der Waals surface area contributed by atoms with Crippen LogP contribution in [0.25, 0.3) is 11.4 Å². The number of nitrogens with one attached hydrogen (secondary N) is 1. The van der Waals surface area contributed by atoms with Crippen LogP contribution in [0.4, 0.5) is 4.39 Å². The Bertz CT molecular complexity index is 797. The van der Waals surface area contributed by atoms with Crippen LogP contribution in [-0.4, -0.2) is 45.0 Å². The van der Waals surface area contributed by atoms with Crippen molar-refractivity contribution in [3.05, 3.63) is 48.0 Å². The maximum atomic E-state index is 14.1. The van der Waals surface area contributed by atoms with Gasteiger partial charge < -0.3 is 15.5 Å². The molecule has 1 aromatic heterocycles. The van der Waals surface area contributed by atoms with Crippen molar-refractivity contribution in [2.75, 3.05) is 6.61 Å². The van der Waals surface area contributed by atoms with Crippen LogP contribution in [-0.2, 0) is 6.42 Å². The number of hydrogen-bond acceptors (Lipinski definition) is 5. The highest BCUT2D eigenvalue weighted by Gasteiger charge is 2.43. The standard InChI is InChI=1S/C22H28FN3O2/c23-19-8-4-3-7-16(19)22-24-10-9-15(26-22)11-17-18(13-27)21(28)12-20(17)25-14-5-1-2-6-14/h3-4,7-10,14,17-18,20-21,25,27-28H,1-2,5-6,11-13H2. The second-order valence-corrected chi connectivity index (χ2v) is 8.12. The highest BCUT2D eigenvalue weighted by atomic mass is 19.1. The highest BCUT2D eigenvalue weighted by Crippen LogP contribution is 2.36. The lowest BCUT2D eigenvalue weighted by Gasteiger charge is -2.27. The zero-order chi connectivity index (χ0) is 19.5. The molecule has 5 nitrogen and oxygen atoms in total. The smallest absolute Gasteiger partial charge is 0.162 e. The van der Waals surface area contributed by atoms with Crippen molar-refractivity contribution in [2.45, 2.75) is 56.7 Å². The number of aliphatic hydroxyl groups is 2. The van der Waals surface area contributed by atoms with Crippen LogP contribution in [0.15, 0.2) is 36.5 Å². The molecule has 0 aliphatic heterocycles. The van der Waals surface area contributed by atoms with Gasteiger partial charge in [0, 0.05) is 36.5 Å². The summed E-state index contributed by atoms with van der Waals surface area (Å²) in [5.74, 6) is -0.0605. The Hall–Kier alpha value is -1.89. The molecule has 1 aromatic carbocycles. The minimum absolute atomic E-state index is 0.0417. The molecule has 1 heterocycles. The molecule has 2 fully saturated rings. The molecule has 4 rings (SSSR count). The number of aliphatic hydroxyl groups excluding tert-OH is 2. The van der Waals surface area contributed by atoms with Gasteiger partial charge in [-0.2, -0.15) is 0 Å². The molecule has 28 heavy (non-hydrogen) atoms. The Morgan fingerprint density at radius 2 is 1.89 bits per heavy atom. The molecular formula is C22H28FN3O2. The first-order valence-electron chi connectivity index (χ1n) is 10.3. The van der Waals surface area contributed by atoms with Gasteiger partial charge in [0.25, 0.3) is 0 Å². The third kappa shape index (κ3) is 4.09. The summed E-state index contributed by atoms with van der Waals surface area (Å²) in [6, 6.07) is 8.99. The van der Waals surface area contributed by atoms with E-state index in [1.165, 1.54) is 31.7 Å². The molecule has 0 saturated heterocycles. The Labute approximate surface area is 165 Å². The van der Waals surface area contributed by atoms with Gasteiger partial charge in [-0.1, -0.05) is 25.0 Å². The molecule has 2 saturated carbocycles. The lowest BCUT2D eigenvalue weighted by atomic mass is 9.88. The average Bonchev–Trinajstić information content (AvgIpc) is 3.30. The average molecular weight is 385 g/mol.